The van der Waals surface area contributed by atoms with Crippen LogP contribution in [0.5, 0.6) is 0 Å². The fourth-order valence-electron chi connectivity index (χ4n) is 3.29. The Morgan fingerprint density at radius 2 is 2.11 bits per heavy atom. The van der Waals surface area contributed by atoms with Crippen LogP contribution in [0.3, 0.4) is 0 Å². The quantitative estimate of drug-likeness (QED) is 0.876. The number of hydrogen-bond donors (Lipinski definition) is 2. The Hall–Kier alpha value is -0.940. The van der Waals surface area contributed by atoms with Gasteiger partial charge in [-0.3, -0.25) is 0 Å². The first-order chi connectivity index (χ1) is 9.26. The van der Waals surface area contributed by atoms with Crippen LogP contribution in [0.25, 0.3) is 0 Å². The highest BCUT2D eigenvalue weighted by Crippen LogP contribution is 2.36. The van der Waals surface area contributed by atoms with Gasteiger partial charge in [0.1, 0.15) is 0 Å². The number of nitrogens with zero attached hydrogens (tertiary/aromatic N) is 2. The van der Waals surface area contributed by atoms with Crippen LogP contribution < -0.4 is 5.32 Å². The molecule has 2 atom stereocenters. The number of aromatic nitrogens is 2. The Labute approximate surface area is 113 Å². The van der Waals surface area contributed by atoms with Crippen molar-refractivity contribution in [1.82, 2.24) is 15.5 Å². The van der Waals surface area contributed by atoms with E-state index in [1.165, 1.54) is 32.1 Å². The molecule has 2 aliphatic rings. The van der Waals surface area contributed by atoms with E-state index in [0.29, 0.717) is 24.8 Å². The van der Waals surface area contributed by atoms with E-state index in [0.717, 1.165) is 11.7 Å². The second-order valence-electron chi connectivity index (χ2n) is 5.97. The van der Waals surface area contributed by atoms with Crippen molar-refractivity contribution in [1.29, 1.82) is 0 Å². The zero-order valence-corrected chi connectivity index (χ0v) is 11.5. The number of hydrogen-bond acceptors (Lipinski definition) is 5. The Morgan fingerprint density at radius 1 is 1.32 bits per heavy atom. The van der Waals surface area contributed by atoms with Crippen LogP contribution in [0.4, 0.5) is 0 Å². The summed E-state index contributed by atoms with van der Waals surface area (Å²) in [5.74, 6) is 2.86. The smallest absolute Gasteiger partial charge is 0.243 e. The summed E-state index contributed by atoms with van der Waals surface area (Å²) in [4.78, 5) is 4.55. The summed E-state index contributed by atoms with van der Waals surface area (Å²) in [6, 6.07) is 0.0308. The van der Waals surface area contributed by atoms with E-state index in [-0.39, 0.29) is 12.1 Å². The molecule has 106 valence electrons. The van der Waals surface area contributed by atoms with Crippen LogP contribution in [0.1, 0.15) is 69.1 Å². The molecule has 0 radical (unpaired) electrons. The van der Waals surface area contributed by atoms with Crippen molar-refractivity contribution in [3.63, 3.8) is 0 Å². The predicted molar refractivity (Wildman–Crippen MR) is 70.7 cm³/mol. The Bertz CT molecular complexity index is 413. The lowest BCUT2D eigenvalue weighted by atomic mass is 9.80. The Balaban J connectivity index is 1.62. The van der Waals surface area contributed by atoms with Crippen LogP contribution >= 0.6 is 0 Å². The summed E-state index contributed by atoms with van der Waals surface area (Å²) in [5, 5.41) is 16.9. The van der Waals surface area contributed by atoms with E-state index in [1.807, 2.05) is 0 Å². The van der Waals surface area contributed by atoms with Gasteiger partial charge in [-0.1, -0.05) is 18.5 Å². The van der Waals surface area contributed by atoms with Gasteiger partial charge in [-0.2, -0.15) is 4.98 Å². The molecule has 1 aromatic heterocycles. The average Bonchev–Trinajstić information content (AvgIpc) is 3.07. The summed E-state index contributed by atoms with van der Waals surface area (Å²) < 4.78 is 5.37. The molecule has 1 aliphatic heterocycles. The van der Waals surface area contributed by atoms with Gasteiger partial charge in [0.05, 0.1) is 12.1 Å². The molecule has 3 rings (SSSR count). The van der Waals surface area contributed by atoms with Crippen molar-refractivity contribution in [2.45, 2.75) is 63.5 Å². The molecule has 2 fully saturated rings. The second kappa shape index (κ2) is 5.59. The molecule has 0 spiro atoms. The van der Waals surface area contributed by atoms with Crippen LogP contribution in [0, 0.1) is 5.92 Å². The van der Waals surface area contributed by atoms with Crippen molar-refractivity contribution in [3.8, 4) is 0 Å². The van der Waals surface area contributed by atoms with Crippen LogP contribution in [-0.4, -0.2) is 27.9 Å². The van der Waals surface area contributed by atoms with Crippen LogP contribution in [0.15, 0.2) is 4.52 Å². The van der Waals surface area contributed by atoms with Gasteiger partial charge in [0.25, 0.3) is 0 Å². The number of aliphatic hydroxyl groups excluding tert-OH is 1. The minimum atomic E-state index is -0.291. The first-order valence-electron chi connectivity index (χ1n) is 7.51. The van der Waals surface area contributed by atoms with Gasteiger partial charge in [-0.05, 0) is 38.0 Å². The summed E-state index contributed by atoms with van der Waals surface area (Å²) in [6.07, 6.45) is 6.59. The molecule has 0 aromatic carbocycles. The molecule has 1 saturated heterocycles. The maximum Gasteiger partial charge on any atom is 0.243 e. The largest absolute Gasteiger partial charge is 0.392 e. The molecule has 0 bridgehead atoms. The minimum absolute atomic E-state index is 0.0308. The van der Waals surface area contributed by atoms with E-state index in [2.05, 4.69) is 22.4 Å². The van der Waals surface area contributed by atoms with Crippen LogP contribution in [0.2, 0.25) is 0 Å². The van der Waals surface area contributed by atoms with Crippen molar-refractivity contribution in [3.05, 3.63) is 11.7 Å². The molecule has 5 heteroatoms. The van der Waals surface area contributed by atoms with Crippen molar-refractivity contribution in [2.24, 2.45) is 5.92 Å². The number of nitrogens with one attached hydrogen (secondary N) is 1. The van der Waals surface area contributed by atoms with Gasteiger partial charge >= 0.3 is 0 Å². The zero-order chi connectivity index (χ0) is 13.2. The van der Waals surface area contributed by atoms with Gasteiger partial charge in [0.2, 0.25) is 5.89 Å². The SMILES string of the molecule is CCC1CCC(c2noc([C@H]3C[C@H](O)CN3)n2)CC1. The lowest BCUT2D eigenvalue weighted by molar-refractivity contribution is 0.191. The highest BCUT2D eigenvalue weighted by molar-refractivity contribution is 5.02. The van der Waals surface area contributed by atoms with E-state index in [4.69, 9.17) is 4.52 Å². The van der Waals surface area contributed by atoms with Gasteiger partial charge in [0, 0.05) is 12.5 Å². The van der Waals surface area contributed by atoms with Crippen molar-refractivity contribution >= 4 is 0 Å². The van der Waals surface area contributed by atoms with Crippen molar-refractivity contribution in [2.75, 3.05) is 6.54 Å². The lowest BCUT2D eigenvalue weighted by Crippen LogP contribution is -2.16. The van der Waals surface area contributed by atoms with Crippen molar-refractivity contribution < 1.29 is 9.63 Å². The molecule has 0 unspecified atom stereocenters. The standard InChI is InChI=1S/C14H23N3O2/c1-2-9-3-5-10(6-4-9)13-16-14(19-17-13)12-7-11(18)8-15-12/h9-12,15,18H,2-8H2,1H3/t9?,10?,11-,12+/m0/s1. The number of β-amino-alcohol motifs (C(OH)–C–C–N with tert-alkyl or cyclic N) is 1. The Morgan fingerprint density at radius 3 is 2.74 bits per heavy atom. The summed E-state index contributed by atoms with van der Waals surface area (Å²) in [7, 11) is 0. The van der Waals surface area contributed by atoms with Gasteiger partial charge < -0.3 is 14.9 Å². The fourth-order valence-corrected chi connectivity index (χ4v) is 3.29. The average molecular weight is 265 g/mol. The third-order valence-electron chi connectivity index (χ3n) is 4.65. The first kappa shape index (κ1) is 13.1. The molecule has 1 saturated carbocycles. The summed E-state index contributed by atoms with van der Waals surface area (Å²) in [6.45, 7) is 2.89. The minimum Gasteiger partial charge on any atom is -0.392 e. The third-order valence-corrected chi connectivity index (χ3v) is 4.65. The van der Waals surface area contributed by atoms with E-state index < -0.39 is 0 Å². The maximum absolute atomic E-state index is 9.52. The third kappa shape index (κ3) is 2.82. The fraction of sp³-hybridized carbons (Fsp3) is 0.857. The maximum atomic E-state index is 9.52. The van der Waals surface area contributed by atoms with Crippen LogP contribution in [-0.2, 0) is 0 Å². The Kier molecular flexibility index (Phi) is 3.84. The highest BCUT2D eigenvalue weighted by Gasteiger charge is 2.30. The van der Waals surface area contributed by atoms with E-state index in [1.54, 1.807) is 0 Å². The monoisotopic (exact) mass is 265 g/mol. The molecule has 1 aliphatic carbocycles. The lowest BCUT2D eigenvalue weighted by Gasteiger charge is -2.25. The number of aliphatic hydroxyl groups is 1. The molecular weight excluding hydrogens is 242 g/mol. The second-order valence-corrected chi connectivity index (χ2v) is 5.97. The summed E-state index contributed by atoms with van der Waals surface area (Å²) >= 11 is 0. The molecule has 1 aromatic rings. The van der Waals surface area contributed by atoms with Gasteiger partial charge in [-0.15, -0.1) is 0 Å². The number of rotatable bonds is 3. The molecular formula is C14H23N3O2. The normalized spacial score (nSPS) is 35.7. The molecule has 2 N–H and O–H groups in total. The molecule has 5 nitrogen and oxygen atoms in total. The highest BCUT2D eigenvalue weighted by atomic mass is 16.5. The van der Waals surface area contributed by atoms with E-state index >= 15 is 0 Å². The summed E-state index contributed by atoms with van der Waals surface area (Å²) in [5.41, 5.74) is 0. The van der Waals surface area contributed by atoms with Gasteiger partial charge in [-0.25, -0.2) is 0 Å². The topological polar surface area (TPSA) is 71.2 Å². The predicted octanol–water partition coefficient (Wildman–Crippen LogP) is 2.15. The molecule has 0 amide bonds. The van der Waals surface area contributed by atoms with E-state index in [9.17, 15) is 5.11 Å². The molecule has 2 heterocycles. The zero-order valence-electron chi connectivity index (χ0n) is 11.5. The molecule has 19 heavy (non-hydrogen) atoms. The first-order valence-corrected chi connectivity index (χ1v) is 7.51. The van der Waals surface area contributed by atoms with Gasteiger partial charge in [0.15, 0.2) is 5.82 Å².